The van der Waals surface area contributed by atoms with Crippen molar-refractivity contribution in [3.8, 4) is 0 Å². The molecule has 0 aromatic heterocycles. The number of carbonyl (C=O) groups excluding carboxylic acids is 1. The van der Waals surface area contributed by atoms with E-state index >= 15 is 0 Å². The zero-order valence-electron chi connectivity index (χ0n) is 15.1. The quantitative estimate of drug-likeness (QED) is 0.583. The van der Waals surface area contributed by atoms with Crippen LogP contribution < -0.4 is 4.90 Å². The van der Waals surface area contributed by atoms with E-state index in [1.54, 1.807) is 37.8 Å². The van der Waals surface area contributed by atoms with Crippen molar-refractivity contribution in [1.29, 1.82) is 0 Å². The molecule has 1 fully saturated rings. The van der Waals surface area contributed by atoms with Gasteiger partial charge in [0.05, 0.1) is 4.92 Å². The number of piperazine rings is 1. The molecule has 26 heavy (non-hydrogen) atoms. The molecule has 8 nitrogen and oxygen atoms in total. The average molecular weight is 430 g/mol. The van der Waals surface area contributed by atoms with Gasteiger partial charge in [-0.3, -0.25) is 10.1 Å². The van der Waals surface area contributed by atoms with Gasteiger partial charge in [0.15, 0.2) is 0 Å². The number of ether oxygens (including phenoxy) is 1. The number of rotatable bonds is 4. The Bertz CT molecular complexity index is 677. The van der Waals surface area contributed by atoms with Gasteiger partial charge in [0, 0.05) is 42.8 Å². The number of halogens is 1. The molecule has 9 heteroatoms. The number of hydrogen-bond acceptors (Lipinski definition) is 6. The highest BCUT2D eigenvalue weighted by molar-refractivity contribution is 9.10. The third-order valence-electron chi connectivity index (χ3n) is 4.04. The number of carbonyl (C=O) groups is 1. The highest BCUT2D eigenvalue weighted by Crippen LogP contribution is 2.34. The molecule has 1 aromatic carbocycles. The molecule has 1 aliphatic rings. The lowest BCUT2D eigenvalue weighted by atomic mass is 10.1. The summed E-state index contributed by atoms with van der Waals surface area (Å²) >= 11 is 3.26. The highest BCUT2D eigenvalue weighted by atomic mass is 79.9. The number of amides is 1. The predicted molar refractivity (Wildman–Crippen MR) is 101 cm³/mol. The van der Waals surface area contributed by atoms with Crippen molar-refractivity contribution < 1.29 is 19.6 Å². The van der Waals surface area contributed by atoms with Crippen molar-refractivity contribution in [2.75, 3.05) is 31.1 Å². The number of aliphatic hydroxyl groups is 1. The van der Waals surface area contributed by atoms with Crippen LogP contribution in [-0.2, 0) is 4.74 Å². The molecule has 0 spiro atoms. The summed E-state index contributed by atoms with van der Waals surface area (Å²) in [5.74, 6) is 0. The molecule has 1 aliphatic heterocycles. The van der Waals surface area contributed by atoms with Gasteiger partial charge in [-0.05, 0) is 39.3 Å². The van der Waals surface area contributed by atoms with Gasteiger partial charge in [0.1, 0.15) is 11.3 Å². The number of nitro benzene ring substituents is 1. The first-order valence-corrected chi connectivity index (χ1v) is 9.21. The van der Waals surface area contributed by atoms with Gasteiger partial charge in [-0.25, -0.2) is 4.79 Å². The van der Waals surface area contributed by atoms with Crippen molar-refractivity contribution in [3.63, 3.8) is 0 Å². The lowest BCUT2D eigenvalue weighted by Gasteiger charge is -2.42. The van der Waals surface area contributed by atoms with Crippen molar-refractivity contribution in [2.24, 2.45) is 0 Å². The van der Waals surface area contributed by atoms with Crippen LogP contribution in [0.1, 0.15) is 27.2 Å². The minimum absolute atomic E-state index is 0.00645. The van der Waals surface area contributed by atoms with Crippen LogP contribution in [0.15, 0.2) is 22.7 Å². The van der Waals surface area contributed by atoms with E-state index in [-0.39, 0.29) is 18.3 Å². The molecule has 0 saturated carbocycles. The maximum Gasteiger partial charge on any atom is 0.410 e. The summed E-state index contributed by atoms with van der Waals surface area (Å²) in [5.41, 5.74) is -0.112. The summed E-state index contributed by atoms with van der Waals surface area (Å²) in [7, 11) is 0. The lowest BCUT2D eigenvalue weighted by Crippen LogP contribution is -2.56. The van der Waals surface area contributed by atoms with E-state index in [4.69, 9.17) is 4.74 Å². The number of aliphatic hydroxyl groups excluding tert-OH is 1. The van der Waals surface area contributed by atoms with E-state index in [9.17, 15) is 20.0 Å². The van der Waals surface area contributed by atoms with Gasteiger partial charge in [-0.2, -0.15) is 0 Å². The number of nitrogens with zero attached hydrogens (tertiary/aromatic N) is 3. The lowest BCUT2D eigenvalue weighted by molar-refractivity contribution is -0.384. The van der Waals surface area contributed by atoms with Crippen molar-refractivity contribution >= 4 is 33.4 Å². The fourth-order valence-electron chi connectivity index (χ4n) is 2.95. The second kappa shape index (κ2) is 8.22. The van der Waals surface area contributed by atoms with Gasteiger partial charge >= 0.3 is 6.09 Å². The van der Waals surface area contributed by atoms with Gasteiger partial charge in [-0.15, -0.1) is 0 Å². The monoisotopic (exact) mass is 429 g/mol. The number of nitro groups is 1. The molecule has 2 rings (SSSR count). The van der Waals surface area contributed by atoms with Crippen LogP contribution in [0.5, 0.6) is 0 Å². The smallest absolute Gasteiger partial charge is 0.410 e. The summed E-state index contributed by atoms with van der Waals surface area (Å²) in [6, 6.07) is 4.67. The van der Waals surface area contributed by atoms with E-state index < -0.39 is 16.6 Å². The third kappa shape index (κ3) is 5.07. The molecule has 1 atom stereocenters. The van der Waals surface area contributed by atoms with Gasteiger partial charge < -0.3 is 19.6 Å². The second-order valence-corrected chi connectivity index (χ2v) is 8.09. The fraction of sp³-hybridized carbons (Fsp3) is 0.588. The summed E-state index contributed by atoms with van der Waals surface area (Å²) in [5, 5.41) is 20.8. The van der Waals surface area contributed by atoms with E-state index in [2.05, 4.69) is 15.9 Å². The minimum Gasteiger partial charge on any atom is -0.444 e. The maximum absolute atomic E-state index is 12.3. The number of anilines is 1. The Balaban J connectivity index is 2.24. The zero-order chi connectivity index (χ0) is 19.5. The summed E-state index contributed by atoms with van der Waals surface area (Å²) in [6.07, 6.45) is -0.0163. The van der Waals surface area contributed by atoms with Crippen LogP contribution in [0.4, 0.5) is 16.2 Å². The maximum atomic E-state index is 12.3. The molecular weight excluding hydrogens is 406 g/mol. The van der Waals surface area contributed by atoms with Crippen LogP contribution in [-0.4, -0.2) is 58.9 Å². The Morgan fingerprint density at radius 1 is 1.42 bits per heavy atom. The van der Waals surface area contributed by atoms with E-state index in [0.717, 1.165) is 0 Å². The molecule has 0 aliphatic carbocycles. The topological polar surface area (TPSA) is 96.2 Å². The van der Waals surface area contributed by atoms with Crippen molar-refractivity contribution in [1.82, 2.24) is 4.90 Å². The Morgan fingerprint density at radius 2 is 2.12 bits per heavy atom. The van der Waals surface area contributed by atoms with Crippen molar-refractivity contribution in [3.05, 3.63) is 32.8 Å². The fourth-order valence-corrected chi connectivity index (χ4v) is 3.30. The van der Waals surface area contributed by atoms with Crippen LogP contribution in [0.25, 0.3) is 0 Å². The third-order valence-corrected chi connectivity index (χ3v) is 4.53. The number of benzene rings is 1. The van der Waals surface area contributed by atoms with E-state index in [1.807, 2.05) is 4.90 Å². The van der Waals surface area contributed by atoms with Crippen LogP contribution in [0.3, 0.4) is 0 Å². The Labute approximate surface area is 161 Å². The highest BCUT2D eigenvalue weighted by Gasteiger charge is 2.34. The molecule has 144 valence electrons. The summed E-state index contributed by atoms with van der Waals surface area (Å²) < 4.78 is 6.04. The predicted octanol–water partition coefficient (Wildman–Crippen LogP) is 3.17. The van der Waals surface area contributed by atoms with Crippen LogP contribution in [0, 0.1) is 10.1 Å². The van der Waals surface area contributed by atoms with Gasteiger partial charge in [0.2, 0.25) is 0 Å². The molecular formula is C17H24BrN3O5. The summed E-state index contributed by atoms with van der Waals surface area (Å²) in [4.78, 5) is 26.8. The SMILES string of the molecule is CC(C)(C)OC(=O)N1CCN(c2ccc(Br)cc2[N+](=O)[O-])[C@@H](CCO)C1. The van der Waals surface area contributed by atoms with E-state index in [1.165, 1.54) is 6.07 Å². The largest absolute Gasteiger partial charge is 0.444 e. The molecule has 1 heterocycles. The summed E-state index contributed by atoms with van der Waals surface area (Å²) in [6.45, 7) is 6.49. The van der Waals surface area contributed by atoms with E-state index in [0.29, 0.717) is 36.2 Å². The molecule has 1 N–H and O–H groups in total. The first kappa shape index (κ1) is 20.4. The normalized spacial score (nSPS) is 18.0. The standard InChI is InChI=1S/C17H24BrN3O5/c1-17(2,3)26-16(23)19-7-8-20(13(11-19)6-9-22)14-5-4-12(18)10-15(14)21(24)25/h4-5,10,13,22H,6-9,11H2,1-3H3/t13-/m0/s1. The molecule has 1 saturated heterocycles. The first-order valence-electron chi connectivity index (χ1n) is 8.41. The Kier molecular flexibility index (Phi) is 6.46. The zero-order valence-corrected chi connectivity index (χ0v) is 16.7. The Morgan fingerprint density at radius 3 is 2.69 bits per heavy atom. The molecule has 1 aromatic rings. The second-order valence-electron chi connectivity index (χ2n) is 7.18. The molecule has 0 unspecified atom stereocenters. The van der Waals surface area contributed by atoms with Gasteiger partial charge in [0.25, 0.3) is 5.69 Å². The van der Waals surface area contributed by atoms with Crippen LogP contribution >= 0.6 is 15.9 Å². The molecule has 0 radical (unpaired) electrons. The Hall–Kier alpha value is -1.87. The average Bonchev–Trinajstić information content (AvgIpc) is 2.53. The van der Waals surface area contributed by atoms with Crippen molar-refractivity contribution in [2.45, 2.75) is 38.8 Å². The minimum atomic E-state index is -0.592. The first-order chi connectivity index (χ1) is 12.1. The van der Waals surface area contributed by atoms with Crippen LogP contribution in [0.2, 0.25) is 0 Å². The molecule has 1 amide bonds. The molecule has 0 bridgehead atoms. The number of hydrogen-bond donors (Lipinski definition) is 1. The van der Waals surface area contributed by atoms with Gasteiger partial charge in [-0.1, -0.05) is 15.9 Å².